The zero-order chi connectivity index (χ0) is 41.5. The number of fused-ring (bicyclic) bond motifs is 13. The Morgan fingerprint density at radius 2 is 0.857 bits per heavy atom. The molecule has 0 amide bonds. The summed E-state index contributed by atoms with van der Waals surface area (Å²) >= 11 is 1.96. The van der Waals surface area contributed by atoms with Gasteiger partial charge in [0, 0.05) is 32.0 Å². The first-order valence-electron chi connectivity index (χ1n) is 22.1. The molecule has 0 unspecified atom stereocenters. The molecule has 0 aliphatic heterocycles. The maximum absolute atomic E-state index is 2.49. The van der Waals surface area contributed by atoms with Crippen molar-refractivity contribution in [3.05, 3.63) is 251 Å². The van der Waals surface area contributed by atoms with E-state index < -0.39 is 5.41 Å². The molecule has 0 saturated heterocycles. The van der Waals surface area contributed by atoms with Gasteiger partial charge >= 0.3 is 0 Å². The second-order valence-electron chi connectivity index (χ2n) is 17.1. The topological polar surface area (TPSA) is 3.24 Å². The summed E-state index contributed by atoms with van der Waals surface area (Å²) in [6.45, 7) is 0. The zero-order valence-corrected chi connectivity index (χ0v) is 35.4. The van der Waals surface area contributed by atoms with E-state index in [1.165, 1.54) is 98.4 Å². The van der Waals surface area contributed by atoms with Gasteiger partial charge < -0.3 is 4.90 Å². The van der Waals surface area contributed by atoms with Crippen molar-refractivity contribution in [1.82, 2.24) is 0 Å². The van der Waals surface area contributed by atoms with Gasteiger partial charge in [0.2, 0.25) is 0 Å². The minimum absolute atomic E-state index is 0.425. The molecular weight excluding hydrogens is 779 g/mol. The third kappa shape index (κ3) is 5.48. The van der Waals surface area contributed by atoms with Crippen molar-refractivity contribution in [1.29, 1.82) is 0 Å². The Balaban J connectivity index is 0.993. The summed E-state index contributed by atoms with van der Waals surface area (Å²) in [5, 5.41) is 1.36. The van der Waals surface area contributed by atoms with Crippen LogP contribution < -0.4 is 4.90 Å². The summed E-state index contributed by atoms with van der Waals surface area (Å²) in [5.41, 5.74) is 22.4. The van der Waals surface area contributed by atoms with Gasteiger partial charge in [-0.15, -0.1) is 11.3 Å². The van der Waals surface area contributed by atoms with Crippen LogP contribution in [0.2, 0.25) is 0 Å². The van der Waals surface area contributed by atoms with Crippen molar-refractivity contribution in [2.24, 2.45) is 0 Å². The third-order valence-corrected chi connectivity index (χ3v) is 15.0. The van der Waals surface area contributed by atoms with Gasteiger partial charge in [-0.25, -0.2) is 0 Å². The van der Waals surface area contributed by atoms with Crippen LogP contribution in [-0.2, 0) is 11.8 Å². The molecule has 63 heavy (non-hydrogen) atoms. The lowest BCUT2D eigenvalue weighted by Gasteiger charge is -2.32. The Morgan fingerprint density at radius 1 is 0.381 bits per heavy atom. The minimum atomic E-state index is -0.425. The molecule has 1 spiro atoms. The van der Waals surface area contributed by atoms with Gasteiger partial charge in [0.25, 0.3) is 0 Å². The Morgan fingerprint density at radius 3 is 1.48 bits per heavy atom. The Bertz CT molecular complexity index is 3370. The van der Waals surface area contributed by atoms with Gasteiger partial charge in [0.05, 0.1) is 5.41 Å². The van der Waals surface area contributed by atoms with E-state index in [9.17, 15) is 0 Å². The molecule has 296 valence electrons. The van der Waals surface area contributed by atoms with E-state index in [0.29, 0.717) is 0 Å². The van der Waals surface area contributed by atoms with Crippen LogP contribution in [0.15, 0.2) is 218 Å². The van der Waals surface area contributed by atoms with Crippen molar-refractivity contribution >= 4 is 44.6 Å². The highest BCUT2D eigenvalue weighted by atomic mass is 32.1. The second-order valence-corrected chi connectivity index (χ2v) is 18.2. The summed E-state index contributed by atoms with van der Waals surface area (Å²) in [6.07, 6.45) is 6.90. The Labute approximate surface area is 372 Å². The molecule has 2 heteroatoms. The van der Waals surface area contributed by atoms with E-state index in [1.54, 1.807) is 0 Å². The molecule has 0 atom stereocenters. The summed E-state index contributed by atoms with van der Waals surface area (Å²) in [6, 6.07) is 79.2. The molecular formula is C61H41NS. The maximum Gasteiger partial charge on any atom is 0.0726 e. The molecule has 0 saturated carbocycles. The first kappa shape index (κ1) is 36.2. The fraction of sp³-hybridized carbons (Fsp3) is 0.0492. The van der Waals surface area contributed by atoms with E-state index >= 15 is 0 Å². The normalized spacial score (nSPS) is 13.7. The lowest BCUT2D eigenvalue weighted by molar-refractivity contribution is 0.793. The highest BCUT2D eigenvalue weighted by Crippen LogP contribution is 2.63. The SMILES string of the molecule is C1=Cc2c(sc3cc(-c4ccc(N(c5ccc(-c6ccccc6)cc5)c5ccc6c(c5)C5(c7ccccc7-c7ccccc75)c5ccccc5-6)cc4)c(-c4ccccc4)cc23)CC1. The lowest BCUT2D eigenvalue weighted by Crippen LogP contribution is -2.26. The van der Waals surface area contributed by atoms with Crippen LogP contribution in [0.3, 0.4) is 0 Å². The van der Waals surface area contributed by atoms with Gasteiger partial charge in [-0.3, -0.25) is 0 Å². The molecule has 1 aromatic heterocycles. The number of rotatable bonds is 6. The third-order valence-electron chi connectivity index (χ3n) is 13.8. The number of benzene rings is 9. The molecule has 0 bridgehead atoms. The number of hydrogen-bond acceptors (Lipinski definition) is 2. The number of nitrogens with zero attached hydrogens (tertiary/aromatic N) is 1. The average Bonchev–Trinajstić information content (AvgIpc) is 3.98. The van der Waals surface area contributed by atoms with Crippen molar-refractivity contribution in [3.8, 4) is 55.6 Å². The lowest BCUT2D eigenvalue weighted by atomic mass is 9.70. The quantitative estimate of drug-likeness (QED) is 0.162. The van der Waals surface area contributed by atoms with E-state index in [4.69, 9.17) is 0 Å². The molecule has 0 radical (unpaired) electrons. The summed E-state index contributed by atoms with van der Waals surface area (Å²) < 4.78 is 1.36. The number of hydrogen-bond donors (Lipinski definition) is 0. The summed E-state index contributed by atoms with van der Waals surface area (Å²) in [7, 11) is 0. The van der Waals surface area contributed by atoms with E-state index in [0.717, 1.165) is 29.9 Å². The van der Waals surface area contributed by atoms with Crippen molar-refractivity contribution in [2.75, 3.05) is 4.90 Å². The summed E-state index contributed by atoms with van der Waals surface area (Å²) in [4.78, 5) is 3.94. The van der Waals surface area contributed by atoms with E-state index in [2.05, 4.69) is 229 Å². The molecule has 3 aliphatic rings. The first-order valence-corrected chi connectivity index (χ1v) is 22.9. The van der Waals surface area contributed by atoms with Gasteiger partial charge in [0.15, 0.2) is 0 Å². The van der Waals surface area contributed by atoms with Gasteiger partial charge in [-0.05, 0) is 145 Å². The fourth-order valence-corrected chi connectivity index (χ4v) is 12.2. The highest BCUT2D eigenvalue weighted by Gasteiger charge is 2.51. The Kier molecular flexibility index (Phi) is 8.19. The minimum Gasteiger partial charge on any atom is -0.310 e. The van der Waals surface area contributed by atoms with E-state index in [-0.39, 0.29) is 0 Å². The Hall–Kier alpha value is -7.52. The van der Waals surface area contributed by atoms with Crippen molar-refractivity contribution in [3.63, 3.8) is 0 Å². The van der Waals surface area contributed by atoms with Crippen molar-refractivity contribution in [2.45, 2.75) is 18.3 Å². The van der Waals surface area contributed by atoms with Crippen LogP contribution in [-0.4, -0.2) is 0 Å². The molecule has 13 rings (SSSR count). The first-order chi connectivity index (χ1) is 31.2. The molecule has 1 nitrogen and oxygen atoms in total. The molecule has 9 aromatic carbocycles. The molecule has 3 aliphatic carbocycles. The van der Waals surface area contributed by atoms with Crippen LogP contribution in [0, 0.1) is 0 Å². The van der Waals surface area contributed by atoms with Crippen LogP contribution >= 0.6 is 11.3 Å². The van der Waals surface area contributed by atoms with Gasteiger partial charge in [-0.1, -0.05) is 176 Å². The number of allylic oxidation sites excluding steroid dienone is 1. The molecule has 1 heterocycles. The molecule has 10 aromatic rings. The van der Waals surface area contributed by atoms with Crippen LogP contribution in [0.4, 0.5) is 17.1 Å². The smallest absolute Gasteiger partial charge is 0.0726 e. The second kappa shape index (κ2) is 14.3. The largest absolute Gasteiger partial charge is 0.310 e. The monoisotopic (exact) mass is 819 g/mol. The predicted octanol–water partition coefficient (Wildman–Crippen LogP) is 16.7. The van der Waals surface area contributed by atoms with Gasteiger partial charge in [0.1, 0.15) is 0 Å². The zero-order valence-electron chi connectivity index (χ0n) is 34.6. The number of anilines is 3. The highest BCUT2D eigenvalue weighted by molar-refractivity contribution is 7.19. The van der Waals surface area contributed by atoms with E-state index in [1.807, 2.05) is 11.3 Å². The standard InChI is InChI=1S/C61H41NS/c1-3-15-40(16-4-1)41-27-31-44(32-28-41)62(45-33-29-43(30-34-45)53-39-60-54(51-22-10-14-26-59(51)63-60)38-52(53)42-17-5-2-6-18-42)46-35-36-50-49-21-9-13-25-57(49)61(58(50)37-46)55-23-11-7-19-47(55)48-20-8-12-24-56(48)61/h1-13,15-25,27-39H,14,26H2. The predicted molar refractivity (Wildman–Crippen MR) is 266 cm³/mol. The summed E-state index contributed by atoms with van der Waals surface area (Å²) in [5.74, 6) is 0. The number of aryl methyl sites for hydroxylation is 1. The number of thiophene rings is 1. The fourth-order valence-electron chi connectivity index (χ4n) is 11.0. The molecule has 0 fully saturated rings. The average molecular weight is 820 g/mol. The van der Waals surface area contributed by atoms with Crippen LogP contribution in [0.5, 0.6) is 0 Å². The molecule has 0 N–H and O–H groups in total. The maximum atomic E-state index is 2.49. The van der Waals surface area contributed by atoms with Gasteiger partial charge in [-0.2, -0.15) is 0 Å². The van der Waals surface area contributed by atoms with Crippen molar-refractivity contribution < 1.29 is 0 Å². The van der Waals surface area contributed by atoms with Crippen LogP contribution in [0.1, 0.15) is 39.1 Å². The van der Waals surface area contributed by atoms with Crippen LogP contribution in [0.25, 0.3) is 71.8 Å².